The molecule has 4 rings (SSSR count). The summed E-state index contributed by atoms with van der Waals surface area (Å²) in [6.45, 7) is 3.16. The number of halogens is 2. The Morgan fingerprint density at radius 3 is 2.58 bits per heavy atom. The van der Waals surface area contributed by atoms with Crippen molar-refractivity contribution in [1.29, 1.82) is 0 Å². The maximum atomic E-state index is 13.4. The van der Waals surface area contributed by atoms with Crippen LogP contribution in [0.2, 0.25) is 5.02 Å². The molecule has 2 aromatic carbocycles. The summed E-state index contributed by atoms with van der Waals surface area (Å²) in [5.74, 6) is 0.0333. The molecule has 0 bridgehead atoms. The molecule has 0 saturated carbocycles. The Morgan fingerprint density at radius 2 is 1.90 bits per heavy atom. The van der Waals surface area contributed by atoms with Gasteiger partial charge in [0.05, 0.1) is 16.3 Å². The molecule has 4 nitrogen and oxygen atoms in total. The number of aromatic nitrogens is 1. The van der Waals surface area contributed by atoms with E-state index in [1.807, 2.05) is 42.2 Å². The molecule has 31 heavy (non-hydrogen) atoms. The van der Waals surface area contributed by atoms with Gasteiger partial charge in [-0.25, -0.2) is 9.37 Å². The third-order valence-electron chi connectivity index (χ3n) is 5.74. The Kier molecular flexibility index (Phi) is 6.49. The summed E-state index contributed by atoms with van der Waals surface area (Å²) < 4.78 is 13.2. The second-order valence-corrected chi connectivity index (χ2v) is 8.61. The second kappa shape index (κ2) is 9.28. The average molecular weight is 456 g/mol. The molecule has 0 aliphatic carbocycles. The first kappa shape index (κ1) is 21.7. The van der Waals surface area contributed by atoms with E-state index in [0.29, 0.717) is 40.3 Å². The van der Waals surface area contributed by atoms with Crippen LogP contribution < -0.4 is 5.32 Å². The van der Waals surface area contributed by atoms with Crippen molar-refractivity contribution in [2.45, 2.75) is 30.7 Å². The van der Waals surface area contributed by atoms with E-state index in [2.05, 4.69) is 22.9 Å². The maximum absolute atomic E-state index is 13.4. The van der Waals surface area contributed by atoms with Crippen LogP contribution in [0, 0.1) is 12.7 Å². The molecule has 1 aromatic heterocycles. The zero-order valence-corrected chi connectivity index (χ0v) is 18.8. The lowest BCUT2D eigenvalue weighted by molar-refractivity contribution is 0.0713. The predicted octanol–water partition coefficient (Wildman–Crippen LogP) is 6.23. The van der Waals surface area contributed by atoms with Gasteiger partial charge in [0, 0.05) is 35.6 Å². The Morgan fingerprint density at radius 1 is 1.19 bits per heavy atom. The molecular formula is C24H23ClFN3OS. The van der Waals surface area contributed by atoms with Crippen LogP contribution >= 0.6 is 24.2 Å². The topological polar surface area (TPSA) is 45.2 Å². The maximum Gasteiger partial charge on any atom is 0.257 e. The van der Waals surface area contributed by atoms with Crippen LogP contribution in [0.4, 0.5) is 15.8 Å². The molecule has 1 aliphatic heterocycles. The van der Waals surface area contributed by atoms with Gasteiger partial charge in [-0.1, -0.05) is 29.8 Å². The fraction of sp³-hybridized carbons (Fsp3) is 0.250. The number of benzene rings is 2. The largest absolute Gasteiger partial charge is 0.354 e. The summed E-state index contributed by atoms with van der Waals surface area (Å²) in [7, 11) is 0. The minimum Gasteiger partial charge on any atom is -0.354 e. The van der Waals surface area contributed by atoms with Crippen molar-refractivity contribution in [1.82, 2.24) is 9.88 Å². The second-order valence-electron chi connectivity index (χ2n) is 7.75. The van der Waals surface area contributed by atoms with E-state index in [1.165, 1.54) is 12.1 Å². The summed E-state index contributed by atoms with van der Waals surface area (Å²) >= 11 is 10.5. The molecule has 1 saturated heterocycles. The summed E-state index contributed by atoms with van der Waals surface area (Å²) in [6.07, 6.45) is 3.26. The van der Waals surface area contributed by atoms with Gasteiger partial charge in [0.1, 0.15) is 5.82 Å². The normalized spacial score (nSPS) is 14.5. The lowest BCUT2D eigenvalue weighted by Crippen LogP contribution is -2.38. The van der Waals surface area contributed by atoms with E-state index in [4.69, 9.17) is 11.6 Å². The lowest BCUT2D eigenvalue weighted by atomic mass is 9.89. The minimum absolute atomic E-state index is 0.0639. The van der Waals surface area contributed by atoms with Crippen molar-refractivity contribution in [2.24, 2.45) is 0 Å². The number of carbonyl (C=O) groups is 1. The molecule has 0 radical (unpaired) electrons. The Bertz CT molecular complexity index is 1100. The highest BCUT2D eigenvalue weighted by Crippen LogP contribution is 2.32. The molecule has 1 amide bonds. The minimum atomic E-state index is -0.230. The number of thiol groups is 1. The van der Waals surface area contributed by atoms with Crippen molar-refractivity contribution in [2.75, 3.05) is 18.4 Å². The Labute approximate surface area is 191 Å². The number of nitrogens with one attached hydrogen (secondary N) is 1. The smallest absolute Gasteiger partial charge is 0.257 e. The molecule has 2 heterocycles. The van der Waals surface area contributed by atoms with E-state index in [-0.39, 0.29) is 11.7 Å². The van der Waals surface area contributed by atoms with Gasteiger partial charge in [-0.2, -0.15) is 0 Å². The van der Waals surface area contributed by atoms with Gasteiger partial charge >= 0.3 is 0 Å². The van der Waals surface area contributed by atoms with Crippen molar-refractivity contribution in [3.8, 4) is 0 Å². The van der Waals surface area contributed by atoms with Gasteiger partial charge in [-0.05, 0) is 61.6 Å². The highest BCUT2D eigenvalue weighted by Gasteiger charge is 2.27. The zero-order valence-electron chi connectivity index (χ0n) is 17.1. The number of carbonyl (C=O) groups excluding carboxylic acids is 1. The summed E-state index contributed by atoms with van der Waals surface area (Å²) in [5.41, 5.74) is 3.91. The van der Waals surface area contributed by atoms with Crippen LogP contribution in [0.25, 0.3) is 0 Å². The van der Waals surface area contributed by atoms with Crippen molar-refractivity contribution in [3.63, 3.8) is 0 Å². The summed E-state index contributed by atoms with van der Waals surface area (Å²) in [5, 5.41) is 4.50. The fourth-order valence-corrected chi connectivity index (χ4v) is 4.32. The first-order valence-electron chi connectivity index (χ1n) is 10.2. The SMILES string of the molecule is Cc1c(S)ncc(C(=O)N2CCC(c3ccc(F)cc3)CC2)c1Nc1cccc(Cl)c1. The molecule has 160 valence electrons. The third kappa shape index (κ3) is 4.86. The summed E-state index contributed by atoms with van der Waals surface area (Å²) in [4.78, 5) is 19.5. The molecule has 1 fully saturated rings. The van der Waals surface area contributed by atoms with Crippen LogP contribution in [0.15, 0.2) is 59.8 Å². The Balaban J connectivity index is 1.53. The number of piperidine rings is 1. The number of hydrogen-bond acceptors (Lipinski definition) is 4. The number of hydrogen-bond donors (Lipinski definition) is 2. The Hall–Kier alpha value is -2.57. The zero-order chi connectivity index (χ0) is 22.0. The molecule has 1 aliphatic rings. The van der Waals surface area contributed by atoms with Crippen LogP contribution in [0.1, 0.15) is 40.2 Å². The fourth-order valence-electron chi connectivity index (χ4n) is 3.96. The third-order valence-corrected chi connectivity index (χ3v) is 6.43. The number of rotatable bonds is 4. The molecule has 7 heteroatoms. The highest BCUT2D eigenvalue weighted by atomic mass is 35.5. The predicted molar refractivity (Wildman–Crippen MR) is 125 cm³/mol. The van der Waals surface area contributed by atoms with E-state index in [1.54, 1.807) is 12.3 Å². The first-order chi connectivity index (χ1) is 14.9. The summed E-state index contributed by atoms with van der Waals surface area (Å²) in [6, 6.07) is 14.0. The number of anilines is 2. The molecular weight excluding hydrogens is 433 g/mol. The van der Waals surface area contributed by atoms with Gasteiger partial charge in [0.25, 0.3) is 5.91 Å². The number of nitrogens with zero attached hydrogens (tertiary/aromatic N) is 2. The monoisotopic (exact) mass is 455 g/mol. The van der Waals surface area contributed by atoms with Crippen LogP contribution in [-0.2, 0) is 0 Å². The highest BCUT2D eigenvalue weighted by molar-refractivity contribution is 7.80. The quantitative estimate of drug-likeness (QED) is 0.458. The van der Waals surface area contributed by atoms with Crippen molar-refractivity contribution < 1.29 is 9.18 Å². The van der Waals surface area contributed by atoms with Gasteiger partial charge in [0.2, 0.25) is 0 Å². The van der Waals surface area contributed by atoms with Crippen LogP contribution in [0.3, 0.4) is 0 Å². The molecule has 0 spiro atoms. The van der Waals surface area contributed by atoms with E-state index in [9.17, 15) is 9.18 Å². The van der Waals surface area contributed by atoms with Crippen molar-refractivity contribution >= 4 is 41.5 Å². The standard InChI is InChI=1S/C24H23ClFN3OS/c1-15-22(28-20-4-2-3-18(25)13-20)21(14-27-23(15)31)24(30)29-11-9-17(10-12-29)16-5-7-19(26)8-6-16/h2-8,13-14,17H,9-12H2,1H3,(H2,27,28,31). The number of likely N-dealkylation sites (tertiary alicyclic amines) is 1. The van der Waals surface area contributed by atoms with Crippen LogP contribution in [0.5, 0.6) is 0 Å². The van der Waals surface area contributed by atoms with Gasteiger partial charge in [0.15, 0.2) is 0 Å². The van der Waals surface area contributed by atoms with Gasteiger partial charge < -0.3 is 10.2 Å². The van der Waals surface area contributed by atoms with Crippen molar-refractivity contribution in [3.05, 3.63) is 82.3 Å². The molecule has 0 atom stereocenters. The number of amides is 1. The molecule has 1 N–H and O–H groups in total. The average Bonchev–Trinajstić information content (AvgIpc) is 2.77. The lowest BCUT2D eigenvalue weighted by Gasteiger charge is -2.33. The first-order valence-corrected chi connectivity index (χ1v) is 11.0. The van der Waals surface area contributed by atoms with E-state index < -0.39 is 0 Å². The number of pyridine rings is 1. The molecule has 3 aromatic rings. The van der Waals surface area contributed by atoms with E-state index in [0.717, 1.165) is 29.7 Å². The van der Waals surface area contributed by atoms with Gasteiger partial charge in [-0.3, -0.25) is 4.79 Å². The molecule has 0 unspecified atom stereocenters. The van der Waals surface area contributed by atoms with Crippen LogP contribution in [-0.4, -0.2) is 28.9 Å². The van der Waals surface area contributed by atoms with E-state index >= 15 is 0 Å². The van der Waals surface area contributed by atoms with Gasteiger partial charge in [-0.15, -0.1) is 12.6 Å².